The van der Waals surface area contributed by atoms with Crippen LogP contribution >= 0.6 is 0 Å². The molecule has 1 unspecified atom stereocenters. The molecule has 1 atom stereocenters. The first-order chi connectivity index (χ1) is 15.8. The van der Waals surface area contributed by atoms with Gasteiger partial charge < -0.3 is 19.7 Å². The van der Waals surface area contributed by atoms with Gasteiger partial charge in [-0.2, -0.15) is 4.31 Å². The second kappa shape index (κ2) is 11.0. The number of nitrogens with zero attached hydrogens (tertiary/aromatic N) is 2. The van der Waals surface area contributed by atoms with Gasteiger partial charge in [0.2, 0.25) is 15.9 Å². The molecule has 0 aliphatic carbocycles. The van der Waals surface area contributed by atoms with Crippen molar-refractivity contribution in [3.63, 3.8) is 0 Å². The van der Waals surface area contributed by atoms with Crippen molar-refractivity contribution < 1.29 is 22.7 Å². The predicted molar refractivity (Wildman–Crippen MR) is 127 cm³/mol. The number of hydrogen-bond acceptors (Lipinski definition) is 6. The van der Waals surface area contributed by atoms with Gasteiger partial charge in [0, 0.05) is 25.7 Å². The summed E-state index contributed by atoms with van der Waals surface area (Å²) in [5.41, 5.74) is 1.35. The normalized spacial score (nSPS) is 17.4. The van der Waals surface area contributed by atoms with E-state index in [-0.39, 0.29) is 23.8 Å². The van der Waals surface area contributed by atoms with Crippen LogP contribution in [-0.4, -0.2) is 70.0 Å². The van der Waals surface area contributed by atoms with Gasteiger partial charge in [-0.1, -0.05) is 44.2 Å². The van der Waals surface area contributed by atoms with E-state index in [4.69, 9.17) is 9.47 Å². The van der Waals surface area contributed by atoms with E-state index in [2.05, 4.69) is 24.1 Å². The summed E-state index contributed by atoms with van der Waals surface area (Å²) in [6.45, 7) is 7.18. The van der Waals surface area contributed by atoms with E-state index in [0.717, 1.165) is 18.7 Å². The second-order valence-corrected chi connectivity index (χ2v) is 9.75. The Morgan fingerprint density at radius 2 is 1.73 bits per heavy atom. The Bertz CT molecular complexity index is 1060. The van der Waals surface area contributed by atoms with Crippen LogP contribution in [-0.2, 0) is 27.8 Å². The number of amides is 1. The number of nitrogens with one attached hydrogen (secondary N) is 1. The summed E-state index contributed by atoms with van der Waals surface area (Å²) in [6.07, 6.45) is 0.249. The third-order valence-electron chi connectivity index (χ3n) is 6.02. The topological polar surface area (TPSA) is 88.2 Å². The summed E-state index contributed by atoms with van der Waals surface area (Å²) in [6, 6.07) is 11.6. The molecule has 3 rings (SSSR count). The van der Waals surface area contributed by atoms with Crippen molar-refractivity contribution in [3.05, 3.63) is 53.6 Å². The molecule has 0 saturated heterocycles. The quantitative estimate of drug-likeness (QED) is 0.567. The number of ether oxygens (including phenoxy) is 2. The van der Waals surface area contributed by atoms with Crippen molar-refractivity contribution in [1.82, 2.24) is 14.5 Å². The Kier molecular flexibility index (Phi) is 8.34. The maximum absolute atomic E-state index is 13.7. The second-order valence-electron chi connectivity index (χ2n) is 7.89. The Labute approximate surface area is 196 Å². The summed E-state index contributed by atoms with van der Waals surface area (Å²) >= 11 is 0. The maximum Gasteiger partial charge on any atom is 0.244 e. The van der Waals surface area contributed by atoms with Crippen LogP contribution in [0.2, 0.25) is 0 Å². The van der Waals surface area contributed by atoms with Crippen LogP contribution in [0.3, 0.4) is 0 Å². The van der Waals surface area contributed by atoms with Crippen molar-refractivity contribution in [1.29, 1.82) is 0 Å². The number of likely N-dealkylation sites (N-methyl/N-ethyl adjacent to an activating group) is 1. The average Bonchev–Trinajstić information content (AvgIpc) is 2.83. The van der Waals surface area contributed by atoms with Crippen molar-refractivity contribution in [2.24, 2.45) is 0 Å². The fourth-order valence-electron chi connectivity index (χ4n) is 4.08. The minimum absolute atomic E-state index is 0.102. The van der Waals surface area contributed by atoms with Crippen molar-refractivity contribution in [2.45, 2.75) is 37.8 Å². The number of hydrogen-bond donors (Lipinski definition) is 1. The summed E-state index contributed by atoms with van der Waals surface area (Å²) in [7, 11) is -0.990. The molecule has 180 valence electrons. The SMILES string of the molecule is CCN(CC)CCNC(=O)C1Cc2cc(OC)c(OC)cc2S(=O)(=O)N1Cc1ccccc1. The summed E-state index contributed by atoms with van der Waals surface area (Å²) < 4.78 is 39.4. The lowest BCUT2D eigenvalue weighted by atomic mass is 10.0. The van der Waals surface area contributed by atoms with Crippen molar-refractivity contribution in [3.8, 4) is 11.5 Å². The highest BCUT2D eigenvalue weighted by molar-refractivity contribution is 7.89. The molecule has 1 heterocycles. The van der Waals surface area contributed by atoms with Gasteiger partial charge >= 0.3 is 0 Å². The monoisotopic (exact) mass is 475 g/mol. The Hall–Kier alpha value is -2.62. The number of sulfonamides is 1. The van der Waals surface area contributed by atoms with E-state index in [1.165, 1.54) is 24.6 Å². The molecular weight excluding hydrogens is 442 g/mol. The molecule has 2 aromatic rings. The maximum atomic E-state index is 13.7. The number of carbonyl (C=O) groups is 1. The standard InChI is InChI=1S/C24H33N3O5S/c1-5-26(6-2)13-12-25-24(28)20-14-19-15-21(31-3)22(32-4)16-23(19)33(29,30)27(20)17-18-10-8-7-9-11-18/h7-11,15-16,20H,5-6,12-14,17H2,1-4H3,(H,25,28). The molecule has 0 fully saturated rings. The van der Waals surface area contributed by atoms with Gasteiger partial charge in [-0.3, -0.25) is 4.79 Å². The minimum Gasteiger partial charge on any atom is -0.493 e. The molecule has 8 nitrogen and oxygen atoms in total. The summed E-state index contributed by atoms with van der Waals surface area (Å²) in [5, 5.41) is 2.94. The smallest absolute Gasteiger partial charge is 0.244 e. The first-order valence-electron chi connectivity index (χ1n) is 11.2. The van der Waals surface area contributed by atoms with Crippen LogP contribution in [0.4, 0.5) is 0 Å². The van der Waals surface area contributed by atoms with Crippen LogP contribution in [0.5, 0.6) is 11.5 Å². The highest BCUT2D eigenvalue weighted by Crippen LogP contribution is 2.39. The predicted octanol–water partition coefficient (Wildman–Crippen LogP) is 2.28. The Morgan fingerprint density at radius 3 is 2.33 bits per heavy atom. The van der Waals surface area contributed by atoms with E-state index in [1.807, 2.05) is 30.3 Å². The fraction of sp³-hybridized carbons (Fsp3) is 0.458. The van der Waals surface area contributed by atoms with Gasteiger partial charge in [-0.15, -0.1) is 0 Å². The van der Waals surface area contributed by atoms with Crippen LogP contribution in [0.1, 0.15) is 25.0 Å². The van der Waals surface area contributed by atoms with Crippen LogP contribution < -0.4 is 14.8 Å². The van der Waals surface area contributed by atoms with Crippen LogP contribution in [0.15, 0.2) is 47.4 Å². The van der Waals surface area contributed by atoms with E-state index in [9.17, 15) is 13.2 Å². The van der Waals surface area contributed by atoms with E-state index < -0.39 is 16.1 Å². The van der Waals surface area contributed by atoms with Crippen molar-refractivity contribution in [2.75, 3.05) is 40.4 Å². The van der Waals surface area contributed by atoms with Crippen LogP contribution in [0.25, 0.3) is 0 Å². The minimum atomic E-state index is -3.96. The van der Waals surface area contributed by atoms with Gasteiger partial charge in [0.15, 0.2) is 11.5 Å². The van der Waals surface area contributed by atoms with E-state index in [1.54, 1.807) is 6.07 Å². The molecule has 0 aromatic heterocycles. The van der Waals surface area contributed by atoms with Crippen LogP contribution in [0, 0.1) is 0 Å². The Balaban J connectivity index is 1.96. The molecule has 1 N–H and O–H groups in total. The highest BCUT2D eigenvalue weighted by atomic mass is 32.2. The zero-order valence-corrected chi connectivity index (χ0v) is 20.5. The molecule has 33 heavy (non-hydrogen) atoms. The third-order valence-corrected chi connectivity index (χ3v) is 7.96. The zero-order valence-electron chi connectivity index (χ0n) is 19.7. The number of carbonyl (C=O) groups excluding carboxylic acids is 1. The third kappa shape index (κ3) is 5.48. The van der Waals surface area contributed by atoms with E-state index in [0.29, 0.717) is 30.2 Å². The molecule has 0 spiro atoms. The molecule has 0 saturated carbocycles. The van der Waals surface area contributed by atoms with Gasteiger partial charge in [0.1, 0.15) is 6.04 Å². The van der Waals surface area contributed by atoms with Gasteiger partial charge in [0.05, 0.1) is 19.1 Å². The molecule has 0 bridgehead atoms. The molecular formula is C24H33N3O5S. The summed E-state index contributed by atoms with van der Waals surface area (Å²) in [4.78, 5) is 15.6. The number of rotatable bonds is 10. The summed E-state index contributed by atoms with van der Waals surface area (Å²) in [5.74, 6) is 0.465. The first-order valence-corrected chi connectivity index (χ1v) is 12.6. The number of benzene rings is 2. The van der Waals surface area contributed by atoms with Gasteiger partial charge in [0.25, 0.3) is 0 Å². The van der Waals surface area contributed by atoms with E-state index >= 15 is 0 Å². The molecule has 2 aromatic carbocycles. The molecule has 0 radical (unpaired) electrons. The van der Waals surface area contributed by atoms with Crippen molar-refractivity contribution >= 4 is 15.9 Å². The van der Waals surface area contributed by atoms with Gasteiger partial charge in [-0.25, -0.2) is 8.42 Å². The molecule has 1 amide bonds. The first kappa shape index (κ1) is 25.0. The molecule has 1 aliphatic heterocycles. The zero-order chi connectivity index (χ0) is 24.0. The number of fused-ring (bicyclic) bond motifs is 1. The Morgan fingerprint density at radius 1 is 1.09 bits per heavy atom. The lowest BCUT2D eigenvalue weighted by molar-refractivity contribution is -0.125. The average molecular weight is 476 g/mol. The molecule has 1 aliphatic rings. The lowest BCUT2D eigenvalue weighted by Crippen LogP contribution is -2.53. The number of methoxy groups -OCH3 is 2. The largest absolute Gasteiger partial charge is 0.493 e. The highest BCUT2D eigenvalue weighted by Gasteiger charge is 2.42. The lowest BCUT2D eigenvalue weighted by Gasteiger charge is -2.35. The fourth-order valence-corrected chi connectivity index (χ4v) is 5.89. The molecule has 9 heteroatoms. The van der Waals surface area contributed by atoms with Gasteiger partial charge in [-0.05, 0) is 36.7 Å².